The minimum absolute atomic E-state index is 0.156. The Morgan fingerprint density at radius 2 is 1.12 bits per heavy atom. The van der Waals surface area contributed by atoms with E-state index in [0.717, 1.165) is 12.8 Å². The molecule has 0 heterocycles. The first-order chi connectivity index (χ1) is 12.3. The van der Waals surface area contributed by atoms with Gasteiger partial charge in [-0.15, -0.1) is 0 Å². The highest BCUT2D eigenvalue weighted by Crippen LogP contribution is 2.44. The van der Waals surface area contributed by atoms with Gasteiger partial charge in [-0.25, -0.2) is 0 Å². The number of rotatable bonds is 16. The molecule has 0 fully saturated rings. The molecule has 0 bridgehead atoms. The van der Waals surface area contributed by atoms with Crippen LogP contribution in [0, 0.1) is 0 Å². The van der Waals surface area contributed by atoms with Crippen molar-refractivity contribution in [2.75, 3.05) is 0 Å². The lowest BCUT2D eigenvalue weighted by molar-refractivity contribution is 0.435. The first-order valence-corrected chi connectivity index (χ1v) is 11.5. The van der Waals surface area contributed by atoms with Gasteiger partial charge in [0.15, 0.2) is 8.46 Å². The molecule has 0 radical (unpaired) electrons. The maximum atomic E-state index is 12.3. The average molecular weight is 363 g/mol. The smallest absolute Gasteiger partial charge is 0.166 e. The SMILES string of the molecule is CCCCCCCCC(CCCCCCCC)(P=O)c1ccccc1. The van der Waals surface area contributed by atoms with Gasteiger partial charge < -0.3 is 0 Å². The van der Waals surface area contributed by atoms with Crippen molar-refractivity contribution in [3.8, 4) is 0 Å². The Kier molecular flexibility index (Phi) is 13.0. The number of hydrogen-bond acceptors (Lipinski definition) is 1. The third-order valence-electron chi connectivity index (χ3n) is 5.37. The van der Waals surface area contributed by atoms with Gasteiger partial charge in [0, 0.05) is 0 Å². The average Bonchev–Trinajstić information content (AvgIpc) is 2.66. The van der Waals surface area contributed by atoms with Crippen molar-refractivity contribution < 1.29 is 4.57 Å². The standard InChI is InChI=1S/C23H39OP/c1-3-5-7-9-11-16-20-23(25-24,22-18-14-13-15-19-22)21-17-12-10-8-6-4-2/h13-15,18-19H,3-12,16-17,20-21H2,1-2H3. The van der Waals surface area contributed by atoms with E-state index < -0.39 is 0 Å². The molecule has 0 atom stereocenters. The molecule has 25 heavy (non-hydrogen) atoms. The maximum absolute atomic E-state index is 12.3. The van der Waals surface area contributed by atoms with Gasteiger partial charge in [0.1, 0.15) is 0 Å². The van der Waals surface area contributed by atoms with Gasteiger partial charge in [-0.2, -0.15) is 0 Å². The summed E-state index contributed by atoms with van der Waals surface area (Å²) < 4.78 is 12.3. The van der Waals surface area contributed by atoms with E-state index in [4.69, 9.17) is 0 Å². The first-order valence-electron chi connectivity index (χ1n) is 10.7. The van der Waals surface area contributed by atoms with E-state index in [1.807, 2.05) is 0 Å². The predicted molar refractivity (Wildman–Crippen MR) is 112 cm³/mol. The number of hydrogen-bond donors (Lipinski definition) is 0. The molecule has 0 aromatic heterocycles. The van der Waals surface area contributed by atoms with Crippen LogP contribution in [0.5, 0.6) is 0 Å². The van der Waals surface area contributed by atoms with E-state index in [1.54, 1.807) is 0 Å². The highest BCUT2D eigenvalue weighted by molar-refractivity contribution is 7.25. The third kappa shape index (κ3) is 9.00. The Balaban J connectivity index is 2.55. The third-order valence-corrected chi connectivity index (χ3v) is 6.43. The summed E-state index contributed by atoms with van der Waals surface area (Å²) in [5.74, 6) is 0. The summed E-state index contributed by atoms with van der Waals surface area (Å²) in [6.45, 7) is 4.52. The monoisotopic (exact) mass is 362 g/mol. The summed E-state index contributed by atoms with van der Waals surface area (Å²) in [7, 11) is 0.314. The molecule has 0 N–H and O–H groups in total. The van der Waals surface area contributed by atoms with Gasteiger partial charge >= 0.3 is 0 Å². The second-order valence-electron chi connectivity index (χ2n) is 7.52. The molecule has 0 unspecified atom stereocenters. The van der Waals surface area contributed by atoms with Crippen LogP contribution in [0.4, 0.5) is 0 Å². The summed E-state index contributed by atoms with van der Waals surface area (Å²) in [4.78, 5) is 0. The van der Waals surface area contributed by atoms with Crippen LogP contribution in [-0.4, -0.2) is 0 Å². The molecule has 0 aliphatic heterocycles. The molecule has 1 nitrogen and oxygen atoms in total. The van der Waals surface area contributed by atoms with Gasteiger partial charge in [0.05, 0.1) is 5.16 Å². The minimum atomic E-state index is -0.156. The van der Waals surface area contributed by atoms with Crippen molar-refractivity contribution in [2.45, 2.75) is 109 Å². The largest absolute Gasteiger partial charge is 0.274 e. The Hall–Kier alpha value is -0.680. The summed E-state index contributed by atoms with van der Waals surface area (Å²) in [6.07, 6.45) is 17.7. The van der Waals surface area contributed by atoms with E-state index >= 15 is 0 Å². The van der Waals surface area contributed by atoms with Crippen molar-refractivity contribution in [3.63, 3.8) is 0 Å². The molecule has 0 spiro atoms. The Bertz CT molecular complexity index is 413. The molecule has 0 amide bonds. The zero-order valence-electron chi connectivity index (χ0n) is 16.6. The van der Waals surface area contributed by atoms with Crippen LogP contribution < -0.4 is 0 Å². The van der Waals surface area contributed by atoms with Crippen molar-refractivity contribution in [2.24, 2.45) is 0 Å². The van der Waals surface area contributed by atoms with E-state index in [9.17, 15) is 4.57 Å². The van der Waals surface area contributed by atoms with Crippen LogP contribution in [0.1, 0.15) is 109 Å². The van der Waals surface area contributed by atoms with Gasteiger partial charge in [-0.1, -0.05) is 121 Å². The topological polar surface area (TPSA) is 17.1 Å². The molecule has 142 valence electrons. The zero-order valence-corrected chi connectivity index (χ0v) is 17.5. The van der Waals surface area contributed by atoms with E-state index in [2.05, 4.69) is 44.2 Å². The maximum Gasteiger partial charge on any atom is 0.166 e. The van der Waals surface area contributed by atoms with Crippen molar-refractivity contribution in [1.29, 1.82) is 0 Å². The molecular weight excluding hydrogens is 323 g/mol. The van der Waals surface area contributed by atoms with Gasteiger partial charge in [-0.05, 0) is 18.4 Å². The molecule has 0 saturated carbocycles. The fourth-order valence-corrected chi connectivity index (χ4v) is 4.45. The zero-order chi connectivity index (χ0) is 18.2. The van der Waals surface area contributed by atoms with Crippen LogP contribution in [0.15, 0.2) is 30.3 Å². The quantitative estimate of drug-likeness (QED) is 0.212. The van der Waals surface area contributed by atoms with Crippen LogP contribution in [0.2, 0.25) is 0 Å². The molecule has 0 aliphatic carbocycles. The number of unbranched alkanes of at least 4 members (excludes halogenated alkanes) is 10. The fraction of sp³-hybridized carbons (Fsp3) is 0.739. The summed E-state index contributed by atoms with van der Waals surface area (Å²) in [5.41, 5.74) is 1.27. The lowest BCUT2D eigenvalue weighted by Crippen LogP contribution is -2.19. The molecular formula is C23H39OP. The molecule has 1 aromatic carbocycles. The number of benzene rings is 1. The molecule has 1 rings (SSSR count). The van der Waals surface area contributed by atoms with Crippen molar-refractivity contribution in [3.05, 3.63) is 35.9 Å². The molecule has 1 aromatic rings. The van der Waals surface area contributed by atoms with Crippen molar-refractivity contribution in [1.82, 2.24) is 0 Å². The van der Waals surface area contributed by atoms with Gasteiger partial charge in [0.25, 0.3) is 0 Å². The second-order valence-corrected chi connectivity index (χ2v) is 8.56. The normalized spacial score (nSPS) is 11.9. The second kappa shape index (κ2) is 14.5. The Morgan fingerprint density at radius 3 is 1.56 bits per heavy atom. The highest BCUT2D eigenvalue weighted by Gasteiger charge is 2.32. The molecule has 0 aliphatic rings. The summed E-state index contributed by atoms with van der Waals surface area (Å²) in [5, 5.41) is -0.156. The van der Waals surface area contributed by atoms with Crippen LogP contribution >= 0.6 is 8.46 Å². The van der Waals surface area contributed by atoms with Crippen molar-refractivity contribution >= 4 is 8.46 Å². The molecule has 0 saturated heterocycles. The Labute approximate surface area is 158 Å². The lowest BCUT2D eigenvalue weighted by atomic mass is 9.87. The van der Waals surface area contributed by atoms with E-state index in [1.165, 1.54) is 82.6 Å². The van der Waals surface area contributed by atoms with Gasteiger partial charge in [0.2, 0.25) is 0 Å². The van der Waals surface area contributed by atoms with Crippen LogP contribution in [-0.2, 0) is 9.72 Å². The van der Waals surface area contributed by atoms with Gasteiger partial charge in [-0.3, -0.25) is 4.57 Å². The fourth-order valence-electron chi connectivity index (χ4n) is 3.70. The minimum Gasteiger partial charge on any atom is -0.274 e. The van der Waals surface area contributed by atoms with Crippen LogP contribution in [0.25, 0.3) is 0 Å². The summed E-state index contributed by atoms with van der Waals surface area (Å²) >= 11 is 0. The van der Waals surface area contributed by atoms with Crippen LogP contribution in [0.3, 0.4) is 0 Å². The Morgan fingerprint density at radius 1 is 0.680 bits per heavy atom. The molecule has 2 heteroatoms. The summed E-state index contributed by atoms with van der Waals surface area (Å²) in [6, 6.07) is 10.6. The predicted octanol–water partition coefficient (Wildman–Crippen LogP) is 8.67. The highest BCUT2D eigenvalue weighted by atomic mass is 31.1. The first kappa shape index (κ1) is 22.4. The van der Waals surface area contributed by atoms with E-state index in [0.29, 0.717) is 8.46 Å². The lowest BCUT2D eigenvalue weighted by Gasteiger charge is -2.28. The van der Waals surface area contributed by atoms with E-state index in [-0.39, 0.29) is 5.16 Å².